The third kappa shape index (κ3) is 4.64. The SMILES string of the molecule is CCOc1ccccc1Nc1ncnc(Nc2cccc(C(C)=O)c2)c1[N+](=O)[O-]. The average molecular weight is 393 g/mol. The quantitative estimate of drug-likeness (QED) is 0.327. The number of anilines is 4. The summed E-state index contributed by atoms with van der Waals surface area (Å²) in [6.45, 7) is 3.75. The van der Waals surface area contributed by atoms with Crippen LogP contribution < -0.4 is 15.4 Å². The van der Waals surface area contributed by atoms with Gasteiger partial charge in [0, 0.05) is 11.3 Å². The number of Topliss-reactive ketones (excluding diaryl/α,β-unsaturated/α-hetero) is 1. The normalized spacial score (nSPS) is 10.3. The number of hydrogen-bond donors (Lipinski definition) is 2. The van der Waals surface area contributed by atoms with Gasteiger partial charge < -0.3 is 15.4 Å². The van der Waals surface area contributed by atoms with Crippen LogP contribution >= 0.6 is 0 Å². The highest BCUT2D eigenvalue weighted by Crippen LogP contribution is 2.35. The molecule has 0 saturated carbocycles. The van der Waals surface area contributed by atoms with E-state index in [-0.39, 0.29) is 23.1 Å². The second-order valence-corrected chi connectivity index (χ2v) is 5.99. The molecule has 0 saturated heterocycles. The summed E-state index contributed by atoms with van der Waals surface area (Å²) in [5.41, 5.74) is 1.20. The molecule has 0 amide bonds. The zero-order chi connectivity index (χ0) is 20.8. The van der Waals surface area contributed by atoms with Crippen LogP contribution in [0.5, 0.6) is 5.75 Å². The van der Waals surface area contributed by atoms with Crippen molar-refractivity contribution in [1.29, 1.82) is 0 Å². The molecule has 1 heterocycles. The maximum absolute atomic E-state index is 11.8. The molecule has 9 nitrogen and oxygen atoms in total. The van der Waals surface area contributed by atoms with Crippen LogP contribution in [-0.4, -0.2) is 27.3 Å². The number of nitrogens with zero attached hydrogens (tertiary/aromatic N) is 3. The predicted molar refractivity (Wildman–Crippen MR) is 109 cm³/mol. The number of para-hydroxylation sites is 2. The molecule has 0 spiro atoms. The molecular weight excluding hydrogens is 374 g/mol. The van der Waals surface area contributed by atoms with E-state index >= 15 is 0 Å². The lowest BCUT2D eigenvalue weighted by molar-refractivity contribution is -0.383. The van der Waals surface area contributed by atoms with Crippen LogP contribution in [0.2, 0.25) is 0 Å². The molecule has 3 rings (SSSR count). The van der Waals surface area contributed by atoms with Gasteiger partial charge in [-0.25, -0.2) is 9.97 Å². The number of aromatic nitrogens is 2. The zero-order valence-corrected chi connectivity index (χ0v) is 15.9. The number of carbonyl (C=O) groups is 1. The van der Waals surface area contributed by atoms with Crippen molar-refractivity contribution in [2.45, 2.75) is 13.8 Å². The van der Waals surface area contributed by atoms with Gasteiger partial charge in [-0.1, -0.05) is 24.3 Å². The van der Waals surface area contributed by atoms with Gasteiger partial charge in [-0.15, -0.1) is 0 Å². The van der Waals surface area contributed by atoms with Crippen molar-refractivity contribution in [3.63, 3.8) is 0 Å². The van der Waals surface area contributed by atoms with E-state index < -0.39 is 4.92 Å². The smallest absolute Gasteiger partial charge is 0.353 e. The summed E-state index contributed by atoms with van der Waals surface area (Å²) in [4.78, 5) is 30.8. The van der Waals surface area contributed by atoms with Crippen molar-refractivity contribution in [2.75, 3.05) is 17.2 Å². The molecule has 29 heavy (non-hydrogen) atoms. The molecule has 0 unspecified atom stereocenters. The predicted octanol–water partition coefficient (Wildman–Crippen LogP) is 4.47. The lowest BCUT2D eigenvalue weighted by atomic mass is 10.1. The Bertz CT molecular complexity index is 1050. The Morgan fingerprint density at radius 1 is 1.10 bits per heavy atom. The number of nitro groups is 1. The van der Waals surface area contributed by atoms with Gasteiger partial charge in [-0.2, -0.15) is 0 Å². The number of hydrogen-bond acceptors (Lipinski definition) is 8. The fourth-order valence-electron chi connectivity index (χ4n) is 2.67. The average Bonchev–Trinajstić information content (AvgIpc) is 2.70. The van der Waals surface area contributed by atoms with Gasteiger partial charge in [-0.05, 0) is 38.1 Å². The Morgan fingerprint density at radius 2 is 1.83 bits per heavy atom. The summed E-state index contributed by atoms with van der Waals surface area (Å²) in [7, 11) is 0. The first-order valence-corrected chi connectivity index (χ1v) is 8.86. The van der Waals surface area contributed by atoms with E-state index in [1.54, 1.807) is 48.5 Å². The second-order valence-electron chi connectivity index (χ2n) is 5.99. The van der Waals surface area contributed by atoms with Crippen LogP contribution in [0, 0.1) is 10.1 Å². The van der Waals surface area contributed by atoms with E-state index in [0.29, 0.717) is 29.3 Å². The number of rotatable bonds is 8. The molecular formula is C20H19N5O4. The minimum Gasteiger partial charge on any atom is -0.492 e. The van der Waals surface area contributed by atoms with E-state index in [1.165, 1.54) is 13.3 Å². The molecule has 2 aromatic carbocycles. The maximum atomic E-state index is 11.8. The van der Waals surface area contributed by atoms with Gasteiger partial charge in [-0.3, -0.25) is 14.9 Å². The Kier molecular flexibility index (Phi) is 5.98. The van der Waals surface area contributed by atoms with E-state index in [2.05, 4.69) is 20.6 Å². The largest absolute Gasteiger partial charge is 0.492 e. The lowest BCUT2D eigenvalue weighted by Crippen LogP contribution is -2.06. The second kappa shape index (κ2) is 8.79. The summed E-state index contributed by atoms with van der Waals surface area (Å²) in [6, 6.07) is 13.7. The van der Waals surface area contributed by atoms with Gasteiger partial charge in [0.05, 0.1) is 17.2 Å². The summed E-state index contributed by atoms with van der Waals surface area (Å²) in [6.07, 6.45) is 1.22. The molecule has 1 aromatic heterocycles. The first-order valence-electron chi connectivity index (χ1n) is 8.86. The van der Waals surface area contributed by atoms with E-state index in [0.717, 1.165) is 0 Å². The molecule has 2 N–H and O–H groups in total. The third-order valence-electron chi connectivity index (χ3n) is 3.98. The molecule has 3 aromatic rings. The highest BCUT2D eigenvalue weighted by atomic mass is 16.6. The molecule has 0 radical (unpaired) electrons. The standard InChI is InChI=1S/C20H19N5O4/c1-3-29-17-10-5-4-9-16(17)24-20-18(25(27)28)19(21-12-22-20)23-15-8-6-7-14(11-15)13(2)26/h4-12H,3H2,1-2H3,(H2,21,22,23,24). The van der Waals surface area contributed by atoms with E-state index in [9.17, 15) is 14.9 Å². The van der Waals surface area contributed by atoms with Gasteiger partial charge in [0.15, 0.2) is 5.78 Å². The maximum Gasteiger partial charge on any atom is 0.353 e. The Morgan fingerprint density at radius 3 is 2.52 bits per heavy atom. The molecule has 0 bridgehead atoms. The summed E-state index contributed by atoms with van der Waals surface area (Å²) in [5, 5.41) is 17.6. The molecule has 0 fully saturated rings. The van der Waals surface area contributed by atoms with Gasteiger partial charge in [0.2, 0.25) is 11.6 Å². The van der Waals surface area contributed by atoms with Crippen molar-refractivity contribution in [3.05, 3.63) is 70.5 Å². The van der Waals surface area contributed by atoms with Crippen LogP contribution in [0.15, 0.2) is 54.9 Å². The van der Waals surface area contributed by atoms with Crippen molar-refractivity contribution in [2.24, 2.45) is 0 Å². The highest BCUT2D eigenvalue weighted by molar-refractivity contribution is 5.95. The van der Waals surface area contributed by atoms with E-state index in [1.807, 2.05) is 6.92 Å². The first kappa shape index (κ1) is 19.7. The number of benzene rings is 2. The topological polar surface area (TPSA) is 119 Å². The van der Waals surface area contributed by atoms with Gasteiger partial charge >= 0.3 is 5.69 Å². The monoisotopic (exact) mass is 393 g/mol. The summed E-state index contributed by atoms with van der Waals surface area (Å²) in [5.74, 6) is 0.455. The minimum atomic E-state index is -0.567. The van der Waals surface area contributed by atoms with Crippen molar-refractivity contribution >= 4 is 34.5 Å². The zero-order valence-electron chi connectivity index (χ0n) is 15.9. The van der Waals surface area contributed by atoms with Crippen molar-refractivity contribution in [1.82, 2.24) is 9.97 Å². The first-order chi connectivity index (χ1) is 14.0. The third-order valence-corrected chi connectivity index (χ3v) is 3.98. The molecule has 9 heteroatoms. The molecule has 0 aliphatic carbocycles. The fourth-order valence-corrected chi connectivity index (χ4v) is 2.67. The van der Waals surface area contributed by atoms with Crippen molar-refractivity contribution < 1.29 is 14.5 Å². The number of ether oxygens (including phenoxy) is 1. The van der Waals surface area contributed by atoms with Crippen LogP contribution in [0.4, 0.5) is 28.7 Å². The Labute approximate surface area is 166 Å². The van der Waals surface area contributed by atoms with Gasteiger partial charge in [0.1, 0.15) is 12.1 Å². The number of ketones is 1. The van der Waals surface area contributed by atoms with Crippen LogP contribution in [0.3, 0.4) is 0 Å². The van der Waals surface area contributed by atoms with E-state index in [4.69, 9.17) is 4.74 Å². The number of nitrogens with one attached hydrogen (secondary N) is 2. The molecule has 148 valence electrons. The molecule has 0 atom stereocenters. The number of carbonyl (C=O) groups excluding carboxylic acids is 1. The summed E-state index contributed by atoms with van der Waals surface area (Å²) < 4.78 is 5.55. The Hall–Kier alpha value is -4.01. The van der Waals surface area contributed by atoms with Crippen molar-refractivity contribution in [3.8, 4) is 5.75 Å². The van der Waals surface area contributed by atoms with Crippen LogP contribution in [0.25, 0.3) is 0 Å². The molecule has 0 aliphatic rings. The van der Waals surface area contributed by atoms with Crippen LogP contribution in [0.1, 0.15) is 24.2 Å². The van der Waals surface area contributed by atoms with Crippen LogP contribution in [-0.2, 0) is 0 Å². The van der Waals surface area contributed by atoms with Gasteiger partial charge in [0.25, 0.3) is 0 Å². The summed E-state index contributed by atoms with van der Waals surface area (Å²) >= 11 is 0. The molecule has 0 aliphatic heterocycles. The minimum absolute atomic E-state index is 0.00194. The highest BCUT2D eigenvalue weighted by Gasteiger charge is 2.24. The Balaban J connectivity index is 1.98. The lowest BCUT2D eigenvalue weighted by Gasteiger charge is -2.13. The fraction of sp³-hybridized carbons (Fsp3) is 0.150.